The number of amides is 1. The fourth-order valence-electron chi connectivity index (χ4n) is 3.43. The van der Waals surface area contributed by atoms with E-state index in [4.69, 9.17) is 22.3 Å². The van der Waals surface area contributed by atoms with Gasteiger partial charge in [0.25, 0.3) is 5.56 Å². The topological polar surface area (TPSA) is 78.0 Å². The maximum Gasteiger partial charge on any atom is 0.267 e. The number of nitrogens with two attached hydrogens (primary N) is 1. The first-order valence-electron chi connectivity index (χ1n) is 9.16. The Bertz CT molecular complexity index is 1150. The zero-order valence-electron chi connectivity index (χ0n) is 15.6. The van der Waals surface area contributed by atoms with Crippen LogP contribution in [0.15, 0.2) is 28.2 Å². The first kappa shape index (κ1) is 19.5. The van der Waals surface area contributed by atoms with Gasteiger partial charge in [0, 0.05) is 9.90 Å². The van der Waals surface area contributed by atoms with E-state index in [-0.39, 0.29) is 5.56 Å². The van der Waals surface area contributed by atoms with Crippen molar-refractivity contribution in [2.24, 2.45) is 5.73 Å². The van der Waals surface area contributed by atoms with Gasteiger partial charge in [-0.05, 0) is 62.8 Å². The second kappa shape index (κ2) is 7.54. The number of nitrogens with zero attached hydrogens (tertiary/aromatic N) is 2. The Morgan fingerprint density at radius 3 is 2.82 bits per heavy atom. The molecule has 5 nitrogen and oxygen atoms in total. The summed E-state index contributed by atoms with van der Waals surface area (Å²) in [6, 6.07) is 5.50. The highest BCUT2D eigenvalue weighted by Gasteiger charge is 2.24. The SMILES string of the molecule is Cc1ccc(-n2c(S[C@@H](C)C(N)=O)nc3sc4c(c3c2=O)CCCC4)cc1Cl. The largest absolute Gasteiger partial charge is 0.369 e. The Morgan fingerprint density at radius 1 is 1.36 bits per heavy atom. The normalized spacial score (nSPS) is 14.8. The highest BCUT2D eigenvalue weighted by Crippen LogP contribution is 2.36. The molecule has 2 aromatic heterocycles. The van der Waals surface area contributed by atoms with Gasteiger partial charge in [-0.2, -0.15) is 0 Å². The van der Waals surface area contributed by atoms with Crippen molar-refractivity contribution >= 4 is 50.8 Å². The Morgan fingerprint density at radius 2 is 2.11 bits per heavy atom. The van der Waals surface area contributed by atoms with E-state index in [9.17, 15) is 9.59 Å². The van der Waals surface area contributed by atoms with Crippen LogP contribution in [-0.4, -0.2) is 20.7 Å². The highest BCUT2D eigenvalue weighted by atomic mass is 35.5. The predicted molar refractivity (Wildman–Crippen MR) is 116 cm³/mol. The monoisotopic (exact) mass is 433 g/mol. The first-order valence-corrected chi connectivity index (χ1v) is 11.2. The Labute approximate surface area is 175 Å². The average Bonchev–Trinajstić information content (AvgIpc) is 3.03. The maximum atomic E-state index is 13.6. The summed E-state index contributed by atoms with van der Waals surface area (Å²) in [6.45, 7) is 3.63. The molecule has 0 radical (unpaired) electrons. The van der Waals surface area contributed by atoms with Crippen molar-refractivity contribution in [1.82, 2.24) is 9.55 Å². The third kappa shape index (κ3) is 3.36. The molecule has 1 aliphatic carbocycles. The standard InChI is InChI=1S/C20H20ClN3O2S2/c1-10-7-8-12(9-14(10)21)24-19(26)16-13-5-3-4-6-15(13)28-18(16)23-20(24)27-11(2)17(22)25/h7-9,11H,3-6H2,1-2H3,(H2,22,25)/t11-/m0/s1. The zero-order valence-corrected chi connectivity index (χ0v) is 18.0. The van der Waals surface area contributed by atoms with Crippen LogP contribution in [0.1, 0.15) is 35.8 Å². The molecule has 28 heavy (non-hydrogen) atoms. The minimum atomic E-state index is -0.508. The van der Waals surface area contributed by atoms with Gasteiger partial charge in [0.05, 0.1) is 16.3 Å². The van der Waals surface area contributed by atoms with Crippen LogP contribution in [0.5, 0.6) is 0 Å². The van der Waals surface area contributed by atoms with E-state index in [1.54, 1.807) is 28.9 Å². The van der Waals surface area contributed by atoms with Crippen molar-refractivity contribution < 1.29 is 4.79 Å². The van der Waals surface area contributed by atoms with Gasteiger partial charge in [-0.25, -0.2) is 4.98 Å². The minimum Gasteiger partial charge on any atom is -0.369 e. The van der Waals surface area contributed by atoms with Gasteiger partial charge >= 0.3 is 0 Å². The van der Waals surface area contributed by atoms with Gasteiger partial charge < -0.3 is 5.73 Å². The second-order valence-electron chi connectivity index (χ2n) is 7.02. The average molecular weight is 434 g/mol. The molecule has 0 fully saturated rings. The molecule has 1 aliphatic rings. The lowest BCUT2D eigenvalue weighted by Gasteiger charge is -2.15. The summed E-state index contributed by atoms with van der Waals surface area (Å²) in [5.74, 6) is -0.446. The number of aryl methyl sites for hydroxylation is 3. The first-order chi connectivity index (χ1) is 13.4. The van der Waals surface area contributed by atoms with Gasteiger partial charge in [0.1, 0.15) is 4.83 Å². The van der Waals surface area contributed by atoms with E-state index < -0.39 is 11.2 Å². The number of aromatic nitrogens is 2. The molecule has 0 aliphatic heterocycles. The zero-order chi connectivity index (χ0) is 20.0. The van der Waals surface area contributed by atoms with Gasteiger partial charge in [0.2, 0.25) is 5.91 Å². The predicted octanol–water partition coefficient (Wildman–Crippen LogP) is 4.25. The quantitative estimate of drug-likeness (QED) is 0.492. The van der Waals surface area contributed by atoms with Crippen LogP contribution in [-0.2, 0) is 17.6 Å². The van der Waals surface area contributed by atoms with Crippen molar-refractivity contribution in [2.75, 3.05) is 0 Å². The van der Waals surface area contributed by atoms with Crippen molar-refractivity contribution in [1.29, 1.82) is 0 Å². The molecule has 1 amide bonds. The molecular formula is C20H20ClN3O2S2. The number of fused-ring (bicyclic) bond motifs is 3. The van der Waals surface area contributed by atoms with Crippen LogP contribution >= 0.6 is 34.7 Å². The lowest BCUT2D eigenvalue weighted by Crippen LogP contribution is -2.26. The number of halogens is 1. The Kier molecular flexibility index (Phi) is 5.24. The van der Waals surface area contributed by atoms with Gasteiger partial charge in [-0.15, -0.1) is 11.3 Å². The van der Waals surface area contributed by atoms with E-state index in [2.05, 4.69) is 0 Å². The third-order valence-electron chi connectivity index (χ3n) is 5.05. The molecule has 4 rings (SSSR count). The lowest BCUT2D eigenvalue weighted by molar-refractivity contribution is -0.117. The molecule has 0 saturated heterocycles. The maximum absolute atomic E-state index is 13.6. The van der Waals surface area contributed by atoms with Gasteiger partial charge in [-0.3, -0.25) is 14.2 Å². The molecule has 2 N–H and O–H groups in total. The number of carbonyl (C=O) groups excluding carboxylic acids is 1. The summed E-state index contributed by atoms with van der Waals surface area (Å²) in [5, 5.41) is 1.23. The lowest BCUT2D eigenvalue weighted by atomic mass is 9.97. The number of carbonyl (C=O) groups is 1. The number of hydrogen-bond acceptors (Lipinski definition) is 5. The van der Waals surface area contributed by atoms with E-state index in [1.807, 2.05) is 19.1 Å². The number of benzene rings is 1. The van der Waals surface area contributed by atoms with E-state index >= 15 is 0 Å². The van der Waals surface area contributed by atoms with Crippen LogP contribution in [0.4, 0.5) is 0 Å². The minimum absolute atomic E-state index is 0.108. The number of rotatable bonds is 4. The molecule has 0 unspecified atom stereocenters. The van der Waals surface area contributed by atoms with Crippen molar-refractivity contribution in [3.05, 3.63) is 49.6 Å². The van der Waals surface area contributed by atoms with Crippen molar-refractivity contribution in [2.45, 2.75) is 49.9 Å². The molecule has 1 aromatic carbocycles. The van der Waals surface area contributed by atoms with Gasteiger partial charge in [-0.1, -0.05) is 29.4 Å². The fraction of sp³-hybridized carbons (Fsp3) is 0.350. The van der Waals surface area contributed by atoms with E-state index in [1.165, 1.54) is 16.6 Å². The smallest absolute Gasteiger partial charge is 0.267 e. The molecule has 2 heterocycles. The van der Waals surface area contributed by atoms with Crippen molar-refractivity contribution in [3.8, 4) is 5.69 Å². The van der Waals surface area contributed by atoms with Crippen LogP contribution in [0.2, 0.25) is 5.02 Å². The summed E-state index contributed by atoms with van der Waals surface area (Å²) < 4.78 is 1.57. The summed E-state index contributed by atoms with van der Waals surface area (Å²) >= 11 is 9.11. The molecule has 1 atom stereocenters. The van der Waals surface area contributed by atoms with Crippen LogP contribution in [0.3, 0.4) is 0 Å². The van der Waals surface area contributed by atoms with E-state index in [0.29, 0.717) is 21.3 Å². The summed E-state index contributed by atoms with van der Waals surface area (Å²) in [5.41, 5.74) is 8.05. The number of thiophene rings is 1. The Balaban J connectivity index is 2.00. The number of thioether (sulfide) groups is 1. The summed E-state index contributed by atoms with van der Waals surface area (Å²) in [7, 11) is 0. The molecule has 3 aromatic rings. The molecule has 0 bridgehead atoms. The summed E-state index contributed by atoms with van der Waals surface area (Å²) in [6.07, 6.45) is 4.13. The fourth-order valence-corrected chi connectivity index (χ4v) is 5.78. The second-order valence-corrected chi connectivity index (χ2v) is 9.82. The third-order valence-corrected chi connectivity index (χ3v) is 7.72. The number of primary amides is 1. The molecule has 0 spiro atoms. The van der Waals surface area contributed by atoms with E-state index in [0.717, 1.165) is 41.6 Å². The van der Waals surface area contributed by atoms with Gasteiger partial charge in [0.15, 0.2) is 5.16 Å². The molecule has 0 saturated carbocycles. The highest BCUT2D eigenvalue weighted by molar-refractivity contribution is 8.00. The van der Waals surface area contributed by atoms with Crippen LogP contribution < -0.4 is 11.3 Å². The van der Waals surface area contributed by atoms with Crippen molar-refractivity contribution in [3.63, 3.8) is 0 Å². The summed E-state index contributed by atoms with van der Waals surface area (Å²) in [4.78, 5) is 32.0. The number of hydrogen-bond donors (Lipinski definition) is 1. The Hall–Kier alpha value is -1.83. The molecule has 8 heteroatoms. The molecular weight excluding hydrogens is 414 g/mol. The molecule has 146 valence electrons. The van der Waals surface area contributed by atoms with Crippen LogP contribution in [0.25, 0.3) is 15.9 Å². The van der Waals surface area contributed by atoms with Crippen LogP contribution in [0, 0.1) is 6.92 Å².